The largest absolute Gasteiger partial charge is 0.494 e. The second-order valence-corrected chi connectivity index (χ2v) is 10.6. The van der Waals surface area contributed by atoms with E-state index in [-0.39, 0.29) is 22.7 Å². The van der Waals surface area contributed by atoms with E-state index in [0.29, 0.717) is 12.8 Å². The van der Waals surface area contributed by atoms with Crippen LogP contribution in [0.25, 0.3) is 0 Å². The van der Waals surface area contributed by atoms with Gasteiger partial charge in [0.15, 0.2) is 11.9 Å². The van der Waals surface area contributed by atoms with Crippen molar-refractivity contribution in [3.8, 4) is 5.75 Å². The number of ether oxygens (including phenoxy) is 4. The second-order valence-electron chi connectivity index (χ2n) is 10.6. The normalized spacial score (nSPS) is 18.5. The summed E-state index contributed by atoms with van der Waals surface area (Å²) in [6, 6.07) is 13.9. The van der Waals surface area contributed by atoms with Crippen LogP contribution in [0.5, 0.6) is 5.75 Å². The first-order chi connectivity index (χ1) is 19.9. The van der Waals surface area contributed by atoms with E-state index in [1.165, 1.54) is 32.2 Å². The maximum absolute atomic E-state index is 13.4. The summed E-state index contributed by atoms with van der Waals surface area (Å²) >= 11 is 0. The Morgan fingerprint density at radius 2 is 1.76 bits per heavy atom. The van der Waals surface area contributed by atoms with Gasteiger partial charge in [-0.15, -0.1) is 0 Å². The third-order valence-electron chi connectivity index (χ3n) is 6.86. The fraction of sp³-hybridized carbons (Fsp3) is 0.387. The summed E-state index contributed by atoms with van der Waals surface area (Å²) in [5.41, 5.74) is -0.145. The summed E-state index contributed by atoms with van der Waals surface area (Å²) < 4.78 is 22.2. The molecule has 3 unspecified atom stereocenters. The predicted molar refractivity (Wildman–Crippen MR) is 152 cm³/mol. The minimum atomic E-state index is -1.34. The Balaban J connectivity index is 1.75. The molecule has 3 rings (SSSR count). The van der Waals surface area contributed by atoms with Crippen LogP contribution in [0.3, 0.4) is 0 Å². The quantitative estimate of drug-likeness (QED) is 0.166. The molecule has 0 radical (unpaired) electrons. The lowest BCUT2D eigenvalue weighted by atomic mass is 9.84. The van der Waals surface area contributed by atoms with Gasteiger partial charge in [0, 0.05) is 12.3 Å². The molecule has 1 aliphatic heterocycles. The number of nitrogens with one attached hydrogen (secondary N) is 2. The van der Waals surface area contributed by atoms with Crippen molar-refractivity contribution in [1.82, 2.24) is 5.32 Å². The Bertz CT molecular complexity index is 1350. The van der Waals surface area contributed by atoms with E-state index in [4.69, 9.17) is 18.9 Å². The number of allylic oxidation sites excluding steroid dienone is 1. The van der Waals surface area contributed by atoms with Gasteiger partial charge in [-0.25, -0.2) is 9.59 Å². The molecule has 1 aliphatic rings. The zero-order valence-electron chi connectivity index (χ0n) is 24.5. The van der Waals surface area contributed by atoms with Crippen molar-refractivity contribution in [2.45, 2.75) is 59.4 Å². The summed E-state index contributed by atoms with van der Waals surface area (Å²) in [5, 5.41) is 4.92. The maximum atomic E-state index is 13.4. The lowest BCUT2D eigenvalue weighted by Crippen LogP contribution is -2.44. The number of benzene rings is 2. The minimum absolute atomic E-state index is 0.0499. The van der Waals surface area contributed by atoms with Crippen LogP contribution in [0.15, 0.2) is 60.3 Å². The van der Waals surface area contributed by atoms with Gasteiger partial charge in [-0.05, 0) is 38.5 Å². The molecule has 1 fully saturated rings. The van der Waals surface area contributed by atoms with Crippen molar-refractivity contribution < 1.29 is 42.9 Å². The minimum Gasteiger partial charge on any atom is -0.494 e. The summed E-state index contributed by atoms with van der Waals surface area (Å²) in [7, 11) is 1.33. The number of hydrogen-bond acceptors (Lipinski definition) is 9. The fourth-order valence-corrected chi connectivity index (χ4v) is 4.52. The van der Waals surface area contributed by atoms with Gasteiger partial charge in [-0.3, -0.25) is 14.4 Å². The molecule has 0 aliphatic carbocycles. The third-order valence-corrected chi connectivity index (χ3v) is 6.86. The van der Waals surface area contributed by atoms with Crippen molar-refractivity contribution in [3.05, 3.63) is 71.4 Å². The van der Waals surface area contributed by atoms with E-state index in [9.17, 15) is 24.0 Å². The molecule has 2 amide bonds. The van der Waals surface area contributed by atoms with Gasteiger partial charge in [0.25, 0.3) is 5.91 Å². The van der Waals surface area contributed by atoms with Crippen LogP contribution in [-0.4, -0.2) is 55.6 Å². The molecule has 224 valence electrons. The SMILES string of the molecule is C/C=C(\NC(=O)c1cccc(NC=O)c1OC)C(=O)OC(C(=O)OC1C(Cc2ccccc2)OC(=O)C1(C)C)C(C)C. The topological polar surface area (TPSA) is 146 Å². The first-order valence-corrected chi connectivity index (χ1v) is 13.5. The third kappa shape index (κ3) is 7.15. The van der Waals surface area contributed by atoms with Crippen LogP contribution in [0, 0.1) is 11.3 Å². The number of carbonyl (C=O) groups excluding carboxylic acids is 5. The smallest absolute Gasteiger partial charge is 0.355 e. The predicted octanol–water partition coefficient (Wildman–Crippen LogP) is 3.57. The standard InChI is InChI=1S/C31H36N2O9/c1-7-21(33-27(35)20-14-11-15-22(32-17-34)25(20)39-6)28(36)41-24(18(2)3)29(37)42-26-23(40-30(38)31(26,4)5)16-19-12-9-8-10-13-19/h7-15,17-18,23-24,26H,16H2,1-6H3,(H,32,34)(H,33,35)/b21-7-. The highest BCUT2D eigenvalue weighted by Crippen LogP contribution is 2.38. The highest BCUT2D eigenvalue weighted by molar-refractivity contribution is 6.04. The van der Waals surface area contributed by atoms with E-state index in [2.05, 4.69) is 10.6 Å². The van der Waals surface area contributed by atoms with Crippen LogP contribution in [0.1, 0.15) is 50.5 Å². The van der Waals surface area contributed by atoms with Crippen LogP contribution >= 0.6 is 0 Å². The van der Waals surface area contributed by atoms with Crippen molar-refractivity contribution >= 4 is 35.9 Å². The molecule has 1 heterocycles. The molecule has 0 bridgehead atoms. The molecular weight excluding hydrogens is 544 g/mol. The van der Waals surface area contributed by atoms with Crippen LogP contribution in [-0.2, 0) is 39.8 Å². The Labute approximate surface area is 244 Å². The van der Waals surface area contributed by atoms with Gasteiger partial charge in [0.05, 0.1) is 18.4 Å². The number of esters is 3. The molecule has 2 aromatic carbocycles. The average Bonchev–Trinajstić information content (AvgIpc) is 3.16. The number of carbonyl (C=O) groups is 5. The number of anilines is 1. The van der Waals surface area contributed by atoms with Gasteiger partial charge in [-0.1, -0.05) is 56.3 Å². The number of methoxy groups -OCH3 is 1. The highest BCUT2D eigenvalue weighted by Gasteiger charge is 2.54. The highest BCUT2D eigenvalue weighted by atomic mass is 16.6. The first-order valence-electron chi connectivity index (χ1n) is 13.5. The average molecular weight is 581 g/mol. The Morgan fingerprint density at radius 1 is 1.07 bits per heavy atom. The number of rotatable bonds is 12. The number of amides is 2. The summed E-state index contributed by atoms with van der Waals surface area (Å²) in [5.74, 6) is -3.43. The number of para-hydroxylation sites is 1. The fourth-order valence-electron chi connectivity index (χ4n) is 4.52. The first kappa shape index (κ1) is 31.9. The van der Waals surface area contributed by atoms with Gasteiger partial charge in [0.2, 0.25) is 12.5 Å². The summed E-state index contributed by atoms with van der Waals surface area (Å²) in [6.07, 6.45) is -0.904. The van der Waals surface area contributed by atoms with Gasteiger partial charge in [0.1, 0.15) is 17.2 Å². The van der Waals surface area contributed by atoms with Gasteiger partial charge < -0.3 is 29.6 Å². The lowest BCUT2D eigenvalue weighted by molar-refractivity contribution is -0.177. The van der Waals surface area contributed by atoms with E-state index >= 15 is 0 Å². The van der Waals surface area contributed by atoms with E-state index in [0.717, 1.165) is 5.56 Å². The van der Waals surface area contributed by atoms with E-state index in [1.54, 1.807) is 33.8 Å². The zero-order chi connectivity index (χ0) is 31.0. The molecule has 42 heavy (non-hydrogen) atoms. The van der Waals surface area contributed by atoms with Crippen molar-refractivity contribution in [3.63, 3.8) is 0 Å². The molecule has 11 nitrogen and oxygen atoms in total. The van der Waals surface area contributed by atoms with Crippen LogP contribution < -0.4 is 15.4 Å². The lowest BCUT2D eigenvalue weighted by Gasteiger charge is -2.28. The Morgan fingerprint density at radius 3 is 2.36 bits per heavy atom. The Kier molecular flexibility index (Phi) is 10.5. The molecule has 2 N–H and O–H groups in total. The monoisotopic (exact) mass is 580 g/mol. The molecular formula is C31H36N2O9. The van der Waals surface area contributed by atoms with Crippen LogP contribution in [0.4, 0.5) is 5.69 Å². The van der Waals surface area contributed by atoms with E-state index < -0.39 is 53.5 Å². The molecule has 2 aromatic rings. The maximum Gasteiger partial charge on any atom is 0.355 e. The zero-order valence-corrected chi connectivity index (χ0v) is 24.5. The molecule has 11 heteroatoms. The number of hydrogen-bond donors (Lipinski definition) is 2. The summed E-state index contributed by atoms with van der Waals surface area (Å²) in [4.78, 5) is 63.1. The number of cyclic esters (lactones) is 1. The van der Waals surface area contributed by atoms with Crippen molar-refractivity contribution in [2.24, 2.45) is 11.3 Å². The molecule has 0 spiro atoms. The van der Waals surface area contributed by atoms with Crippen molar-refractivity contribution in [2.75, 3.05) is 12.4 Å². The molecule has 1 saturated heterocycles. The van der Waals surface area contributed by atoms with Crippen molar-refractivity contribution in [1.29, 1.82) is 0 Å². The molecule has 0 saturated carbocycles. The van der Waals surface area contributed by atoms with Gasteiger partial charge in [-0.2, -0.15) is 0 Å². The molecule has 0 aromatic heterocycles. The molecule has 3 atom stereocenters. The van der Waals surface area contributed by atoms with Gasteiger partial charge >= 0.3 is 17.9 Å². The second kappa shape index (κ2) is 13.8. The Hall–Kier alpha value is -4.67. The summed E-state index contributed by atoms with van der Waals surface area (Å²) in [6.45, 7) is 8.13. The van der Waals surface area contributed by atoms with Crippen LogP contribution in [0.2, 0.25) is 0 Å². The van der Waals surface area contributed by atoms with E-state index in [1.807, 2.05) is 30.3 Å².